The summed E-state index contributed by atoms with van der Waals surface area (Å²) in [7, 11) is 0. The molecule has 0 aliphatic heterocycles. The van der Waals surface area contributed by atoms with E-state index >= 15 is 0 Å². The standard InChI is InChI=1S/C58H115NO5/c1-3-5-7-9-11-13-15-16-17-24-27-31-34-38-42-46-50-56(61)55(54-60)59-57(62)51-47-43-39-35-32-28-25-22-20-18-19-21-23-26-29-33-37-41-45-49-53-64-58(63)52-48-44-40-36-30-14-12-10-8-6-4-2/h55-56,60-61H,3-54H2,1-2H3,(H,59,62). The minimum absolute atomic E-state index is 0.0112. The van der Waals surface area contributed by atoms with Crippen LogP contribution < -0.4 is 5.32 Å². The first-order chi connectivity index (χ1) is 31.5. The molecule has 0 heterocycles. The third kappa shape index (κ3) is 50.3. The number of carbonyl (C=O) groups is 2. The molecule has 382 valence electrons. The number of aliphatic hydroxyl groups excluding tert-OH is 2. The molecule has 2 unspecified atom stereocenters. The van der Waals surface area contributed by atoms with Gasteiger partial charge in [-0.3, -0.25) is 9.59 Å². The molecular weight excluding hydrogens is 791 g/mol. The van der Waals surface area contributed by atoms with Crippen molar-refractivity contribution in [2.75, 3.05) is 13.2 Å². The summed E-state index contributed by atoms with van der Waals surface area (Å²) in [5.41, 5.74) is 0. The summed E-state index contributed by atoms with van der Waals surface area (Å²) >= 11 is 0. The van der Waals surface area contributed by atoms with Gasteiger partial charge in [0.2, 0.25) is 5.91 Å². The van der Waals surface area contributed by atoms with Gasteiger partial charge in [0.25, 0.3) is 0 Å². The zero-order chi connectivity index (χ0) is 46.5. The van der Waals surface area contributed by atoms with Crippen LogP contribution in [0.3, 0.4) is 0 Å². The molecule has 0 aromatic rings. The quantitative estimate of drug-likeness (QED) is 0.0417. The van der Waals surface area contributed by atoms with Crippen molar-refractivity contribution in [3.8, 4) is 0 Å². The van der Waals surface area contributed by atoms with Gasteiger partial charge in [-0.05, 0) is 25.7 Å². The molecule has 0 spiro atoms. The minimum atomic E-state index is -0.664. The van der Waals surface area contributed by atoms with Crippen LogP contribution >= 0.6 is 0 Å². The van der Waals surface area contributed by atoms with E-state index in [0.717, 1.165) is 38.5 Å². The molecule has 64 heavy (non-hydrogen) atoms. The summed E-state index contributed by atoms with van der Waals surface area (Å²) in [6, 6.07) is -0.541. The van der Waals surface area contributed by atoms with Gasteiger partial charge >= 0.3 is 5.97 Å². The largest absolute Gasteiger partial charge is 0.466 e. The van der Waals surface area contributed by atoms with Gasteiger partial charge in [0.1, 0.15) is 0 Å². The Hall–Kier alpha value is -1.14. The Morgan fingerprint density at radius 3 is 0.953 bits per heavy atom. The Kier molecular flexibility index (Phi) is 53.5. The Balaban J connectivity index is 3.38. The Morgan fingerprint density at radius 2 is 0.641 bits per heavy atom. The predicted octanol–water partition coefficient (Wildman–Crippen LogP) is 17.9. The molecule has 0 bridgehead atoms. The highest BCUT2D eigenvalue weighted by Gasteiger charge is 2.20. The van der Waals surface area contributed by atoms with E-state index in [9.17, 15) is 19.8 Å². The van der Waals surface area contributed by atoms with E-state index in [1.54, 1.807) is 0 Å². The molecule has 6 heteroatoms. The molecule has 0 saturated carbocycles. The number of hydrogen-bond donors (Lipinski definition) is 3. The first-order valence-corrected chi connectivity index (χ1v) is 29.3. The first kappa shape index (κ1) is 62.9. The van der Waals surface area contributed by atoms with Crippen LogP contribution in [-0.2, 0) is 14.3 Å². The molecule has 2 atom stereocenters. The van der Waals surface area contributed by atoms with Gasteiger partial charge in [-0.1, -0.05) is 296 Å². The molecule has 0 aliphatic carbocycles. The lowest BCUT2D eigenvalue weighted by Gasteiger charge is -2.22. The zero-order valence-corrected chi connectivity index (χ0v) is 43.5. The Morgan fingerprint density at radius 1 is 0.375 bits per heavy atom. The summed E-state index contributed by atoms with van der Waals surface area (Å²) in [4.78, 5) is 24.5. The number of hydrogen-bond acceptors (Lipinski definition) is 5. The molecule has 0 fully saturated rings. The second-order valence-electron chi connectivity index (χ2n) is 20.3. The number of nitrogens with one attached hydrogen (secondary N) is 1. The molecule has 3 N–H and O–H groups in total. The van der Waals surface area contributed by atoms with Crippen LogP contribution in [-0.4, -0.2) is 47.4 Å². The maximum atomic E-state index is 12.5. The Labute approximate surface area is 400 Å². The van der Waals surface area contributed by atoms with E-state index in [1.165, 1.54) is 263 Å². The fraction of sp³-hybridized carbons (Fsp3) is 0.966. The average Bonchev–Trinajstić information content (AvgIpc) is 3.29. The molecule has 1 amide bonds. The van der Waals surface area contributed by atoms with Crippen LogP contribution in [0.15, 0.2) is 0 Å². The van der Waals surface area contributed by atoms with Gasteiger partial charge in [0.05, 0.1) is 25.4 Å². The molecule has 0 aliphatic rings. The summed E-state index contributed by atoms with van der Waals surface area (Å²) in [5.74, 6) is -0.0226. The van der Waals surface area contributed by atoms with Gasteiger partial charge in [-0.15, -0.1) is 0 Å². The van der Waals surface area contributed by atoms with Crippen molar-refractivity contribution in [2.24, 2.45) is 0 Å². The highest BCUT2D eigenvalue weighted by molar-refractivity contribution is 5.76. The fourth-order valence-electron chi connectivity index (χ4n) is 9.41. The highest BCUT2D eigenvalue weighted by Crippen LogP contribution is 2.18. The Bertz CT molecular complexity index is 913. The second-order valence-corrected chi connectivity index (χ2v) is 20.3. The predicted molar refractivity (Wildman–Crippen MR) is 278 cm³/mol. The molecule has 0 saturated heterocycles. The lowest BCUT2D eigenvalue weighted by atomic mass is 10.0. The number of amides is 1. The maximum Gasteiger partial charge on any atom is 0.305 e. The lowest BCUT2D eigenvalue weighted by Crippen LogP contribution is -2.45. The van der Waals surface area contributed by atoms with E-state index in [0.29, 0.717) is 25.9 Å². The molecule has 0 aromatic heterocycles. The number of esters is 1. The molecular formula is C58H115NO5. The van der Waals surface area contributed by atoms with Gasteiger partial charge in [-0.25, -0.2) is 0 Å². The van der Waals surface area contributed by atoms with Gasteiger partial charge in [0, 0.05) is 12.8 Å². The topological polar surface area (TPSA) is 95.9 Å². The van der Waals surface area contributed by atoms with Crippen molar-refractivity contribution < 1.29 is 24.5 Å². The van der Waals surface area contributed by atoms with Crippen LogP contribution in [0, 0.1) is 0 Å². The molecule has 0 radical (unpaired) electrons. The molecule has 0 rings (SSSR count). The van der Waals surface area contributed by atoms with Crippen molar-refractivity contribution in [1.82, 2.24) is 5.32 Å². The van der Waals surface area contributed by atoms with Gasteiger partial charge in [0.15, 0.2) is 0 Å². The lowest BCUT2D eigenvalue weighted by molar-refractivity contribution is -0.143. The van der Waals surface area contributed by atoms with Crippen molar-refractivity contribution in [1.29, 1.82) is 0 Å². The van der Waals surface area contributed by atoms with Crippen molar-refractivity contribution in [3.63, 3.8) is 0 Å². The van der Waals surface area contributed by atoms with Crippen LogP contribution in [0.5, 0.6) is 0 Å². The van der Waals surface area contributed by atoms with E-state index < -0.39 is 12.1 Å². The summed E-state index contributed by atoms with van der Waals surface area (Å²) in [5, 5.41) is 23.3. The number of carbonyl (C=O) groups excluding carboxylic acids is 2. The average molecular weight is 907 g/mol. The number of aliphatic hydroxyl groups is 2. The van der Waals surface area contributed by atoms with E-state index in [4.69, 9.17) is 4.74 Å². The van der Waals surface area contributed by atoms with Crippen LogP contribution in [0.25, 0.3) is 0 Å². The third-order valence-electron chi connectivity index (χ3n) is 13.9. The van der Waals surface area contributed by atoms with E-state index in [-0.39, 0.29) is 18.5 Å². The second kappa shape index (κ2) is 54.5. The SMILES string of the molecule is CCCCCCCCCCCCCCCCCCC(O)C(CO)NC(=O)CCCCCCCCCCCCCCCCCCCCCCOC(=O)CCCCCCCCCCCCC. The van der Waals surface area contributed by atoms with Crippen LogP contribution in [0.1, 0.15) is 335 Å². The third-order valence-corrected chi connectivity index (χ3v) is 13.9. The van der Waals surface area contributed by atoms with Crippen molar-refractivity contribution in [2.45, 2.75) is 347 Å². The van der Waals surface area contributed by atoms with Crippen molar-refractivity contribution in [3.05, 3.63) is 0 Å². The summed E-state index contributed by atoms with van der Waals surface area (Å²) in [6.45, 7) is 4.97. The van der Waals surface area contributed by atoms with Crippen LogP contribution in [0.4, 0.5) is 0 Å². The monoisotopic (exact) mass is 906 g/mol. The van der Waals surface area contributed by atoms with Gasteiger partial charge < -0.3 is 20.3 Å². The zero-order valence-electron chi connectivity index (χ0n) is 43.5. The molecule has 0 aromatic carbocycles. The first-order valence-electron chi connectivity index (χ1n) is 29.3. The van der Waals surface area contributed by atoms with Gasteiger partial charge in [-0.2, -0.15) is 0 Å². The highest BCUT2D eigenvalue weighted by atomic mass is 16.5. The number of rotatable bonds is 55. The van der Waals surface area contributed by atoms with Crippen molar-refractivity contribution >= 4 is 11.9 Å². The fourth-order valence-corrected chi connectivity index (χ4v) is 9.41. The summed E-state index contributed by atoms with van der Waals surface area (Å²) in [6.07, 6.45) is 62.4. The van der Waals surface area contributed by atoms with Crippen LogP contribution in [0.2, 0.25) is 0 Å². The minimum Gasteiger partial charge on any atom is -0.466 e. The van der Waals surface area contributed by atoms with E-state index in [2.05, 4.69) is 19.2 Å². The molecule has 6 nitrogen and oxygen atoms in total. The maximum absolute atomic E-state index is 12.5. The smallest absolute Gasteiger partial charge is 0.305 e. The summed E-state index contributed by atoms with van der Waals surface area (Å²) < 4.78 is 5.46. The number of ether oxygens (including phenoxy) is 1. The normalized spacial score (nSPS) is 12.5. The number of unbranched alkanes of at least 4 members (excludes halogenated alkanes) is 44. The van der Waals surface area contributed by atoms with E-state index in [1.807, 2.05) is 0 Å².